The van der Waals surface area contributed by atoms with Crippen LogP contribution >= 0.6 is 0 Å². The number of nitrogens with one attached hydrogen (secondary N) is 2. The van der Waals surface area contributed by atoms with Gasteiger partial charge in [0.2, 0.25) is 5.91 Å². The van der Waals surface area contributed by atoms with E-state index in [9.17, 15) is 9.18 Å². The Labute approximate surface area is 132 Å². The lowest BCUT2D eigenvalue weighted by molar-refractivity contribution is -0.121. The van der Waals surface area contributed by atoms with Crippen molar-refractivity contribution in [3.8, 4) is 0 Å². The van der Waals surface area contributed by atoms with Crippen molar-refractivity contribution in [2.45, 2.75) is 25.7 Å². The van der Waals surface area contributed by atoms with Crippen LogP contribution in [0.4, 0.5) is 10.1 Å². The van der Waals surface area contributed by atoms with Crippen molar-refractivity contribution in [3.05, 3.63) is 30.1 Å². The van der Waals surface area contributed by atoms with Crippen molar-refractivity contribution >= 4 is 11.6 Å². The lowest BCUT2D eigenvalue weighted by Gasteiger charge is -2.19. The number of hydrogen-bond acceptors (Lipinski definition) is 3. The van der Waals surface area contributed by atoms with Gasteiger partial charge in [0, 0.05) is 26.6 Å². The molecule has 1 amide bonds. The van der Waals surface area contributed by atoms with E-state index in [1.54, 1.807) is 12.1 Å². The number of nitrogens with zero attached hydrogens (tertiary/aromatic N) is 1. The molecule has 1 aliphatic heterocycles. The molecule has 1 fully saturated rings. The SMILES string of the molecule is CN(CCCNC(=O)CCC1CCNC1)c1ccccc1F. The maximum atomic E-state index is 13.6. The van der Waals surface area contributed by atoms with Crippen LogP contribution in [0.2, 0.25) is 0 Å². The smallest absolute Gasteiger partial charge is 0.220 e. The van der Waals surface area contributed by atoms with E-state index in [-0.39, 0.29) is 11.7 Å². The highest BCUT2D eigenvalue weighted by atomic mass is 19.1. The van der Waals surface area contributed by atoms with Crippen molar-refractivity contribution in [3.63, 3.8) is 0 Å². The number of para-hydroxylation sites is 1. The first-order valence-corrected chi connectivity index (χ1v) is 8.10. The van der Waals surface area contributed by atoms with Gasteiger partial charge in [0.05, 0.1) is 5.69 Å². The lowest BCUT2D eigenvalue weighted by Crippen LogP contribution is -2.28. The second-order valence-corrected chi connectivity index (χ2v) is 5.97. The van der Waals surface area contributed by atoms with Crippen molar-refractivity contribution in [1.29, 1.82) is 0 Å². The summed E-state index contributed by atoms with van der Waals surface area (Å²) in [5.41, 5.74) is 0.600. The van der Waals surface area contributed by atoms with Gasteiger partial charge in [0.1, 0.15) is 5.82 Å². The largest absolute Gasteiger partial charge is 0.372 e. The third-order valence-corrected chi connectivity index (χ3v) is 4.20. The maximum absolute atomic E-state index is 13.6. The third kappa shape index (κ3) is 5.30. The van der Waals surface area contributed by atoms with Gasteiger partial charge in [0.25, 0.3) is 0 Å². The monoisotopic (exact) mass is 307 g/mol. The number of carbonyl (C=O) groups is 1. The fraction of sp³-hybridized carbons (Fsp3) is 0.588. The highest BCUT2D eigenvalue weighted by molar-refractivity contribution is 5.75. The van der Waals surface area contributed by atoms with E-state index >= 15 is 0 Å². The molecule has 0 bridgehead atoms. The quantitative estimate of drug-likeness (QED) is 0.723. The fourth-order valence-electron chi connectivity index (χ4n) is 2.81. The molecule has 1 heterocycles. The van der Waals surface area contributed by atoms with Gasteiger partial charge in [0.15, 0.2) is 0 Å². The van der Waals surface area contributed by atoms with Crippen LogP contribution in [0.15, 0.2) is 24.3 Å². The van der Waals surface area contributed by atoms with Crippen LogP contribution in [0.25, 0.3) is 0 Å². The molecule has 5 heteroatoms. The van der Waals surface area contributed by atoms with E-state index in [1.807, 2.05) is 18.0 Å². The van der Waals surface area contributed by atoms with Gasteiger partial charge in [-0.15, -0.1) is 0 Å². The molecule has 1 aromatic rings. The van der Waals surface area contributed by atoms with Crippen LogP contribution in [0, 0.1) is 11.7 Å². The maximum Gasteiger partial charge on any atom is 0.220 e. The second-order valence-electron chi connectivity index (χ2n) is 5.97. The van der Waals surface area contributed by atoms with Gasteiger partial charge >= 0.3 is 0 Å². The minimum atomic E-state index is -0.209. The van der Waals surface area contributed by atoms with Gasteiger partial charge in [-0.3, -0.25) is 4.79 Å². The molecule has 122 valence electrons. The molecule has 0 saturated carbocycles. The van der Waals surface area contributed by atoms with Crippen LogP contribution in [-0.2, 0) is 4.79 Å². The molecule has 2 rings (SSSR count). The van der Waals surface area contributed by atoms with Gasteiger partial charge in [-0.25, -0.2) is 4.39 Å². The molecule has 22 heavy (non-hydrogen) atoms. The zero-order chi connectivity index (χ0) is 15.8. The molecule has 0 spiro atoms. The zero-order valence-electron chi connectivity index (χ0n) is 13.3. The number of anilines is 1. The highest BCUT2D eigenvalue weighted by Crippen LogP contribution is 2.17. The standard InChI is InChI=1S/C17H26FN3O/c1-21(16-6-3-2-5-15(16)18)12-4-10-20-17(22)8-7-14-9-11-19-13-14/h2-3,5-6,14,19H,4,7-13H2,1H3,(H,20,22). The molecule has 0 radical (unpaired) electrons. The number of rotatable bonds is 8. The summed E-state index contributed by atoms with van der Waals surface area (Å²) in [6.07, 6.45) is 3.56. The minimum Gasteiger partial charge on any atom is -0.372 e. The number of amides is 1. The van der Waals surface area contributed by atoms with Crippen LogP contribution in [0.5, 0.6) is 0 Å². The molecule has 2 N–H and O–H groups in total. The van der Waals surface area contributed by atoms with Crippen molar-refractivity contribution in [2.24, 2.45) is 5.92 Å². The van der Waals surface area contributed by atoms with Crippen LogP contribution in [0.1, 0.15) is 25.7 Å². The summed E-state index contributed by atoms with van der Waals surface area (Å²) in [7, 11) is 1.87. The molecule has 1 aliphatic rings. The Bertz CT molecular complexity index is 475. The normalized spacial score (nSPS) is 17.5. The Morgan fingerprint density at radius 3 is 3.00 bits per heavy atom. The first-order chi connectivity index (χ1) is 10.7. The Hall–Kier alpha value is -1.62. The molecule has 0 aliphatic carbocycles. The Morgan fingerprint density at radius 1 is 1.45 bits per heavy atom. The van der Waals surface area contributed by atoms with E-state index < -0.39 is 0 Å². The van der Waals surface area contributed by atoms with E-state index in [0.29, 0.717) is 31.1 Å². The van der Waals surface area contributed by atoms with E-state index in [0.717, 1.165) is 25.9 Å². The van der Waals surface area contributed by atoms with Gasteiger partial charge in [-0.2, -0.15) is 0 Å². The van der Waals surface area contributed by atoms with E-state index in [4.69, 9.17) is 0 Å². The second kappa shape index (κ2) is 8.73. The molecule has 1 aromatic carbocycles. The Morgan fingerprint density at radius 2 is 2.27 bits per heavy atom. The van der Waals surface area contributed by atoms with Crippen LogP contribution in [0.3, 0.4) is 0 Å². The number of halogens is 1. The summed E-state index contributed by atoms with van der Waals surface area (Å²) in [5.74, 6) is 0.567. The Balaban J connectivity index is 1.58. The summed E-state index contributed by atoms with van der Waals surface area (Å²) in [6, 6.07) is 6.75. The third-order valence-electron chi connectivity index (χ3n) is 4.20. The summed E-state index contributed by atoms with van der Waals surface area (Å²) < 4.78 is 13.6. The average molecular weight is 307 g/mol. The topological polar surface area (TPSA) is 44.4 Å². The molecule has 1 unspecified atom stereocenters. The number of hydrogen-bond donors (Lipinski definition) is 2. The molecular weight excluding hydrogens is 281 g/mol. The van der Waals surface area contributed by atoms with Crippen LogP contribution in [-0.4, -0.2) is 39.1 Å². The Kier molecular flexibility index (Phi) is 6.65. The lowest BCUT2D eigenvalue weighted by atomic mass is 10.0. The van der Waals surface area contributed by atoms with Crippen LogP contribution < -0.4 is 15.5 Å². The van der Waals surface area contributed by atoms with Gasteiger partial charge < -0.3 is 15.5 Å². The van der Waals surface area contributed by atoms with Gasteiger partial charge in [-0.1, -0.05) is 12.1 Å². The summed E-state index contributed by atoms with van der Waals surface area (Å²) in [5, 5.41) is 6.26. The first kappa shape index (κ1) is 16.7. The zero-order valence-corrected chi connectivity index (χ0v) is 13.3. The van der Waals surface area contributed by atoms with Crippen molar-refractivity contribution in [1.82, 2.24) is 10.6 Å². The minimum absolute atomic E-state index is 0.125. The van der Waals surface area contributed by atoms with E-state index in [1.165, 1.54) is 12.5 Å². The van der Waals surface area contributed by atoms with Gasteiger partial charge in [-0.05, 0) is 50.4 Å². The fourth-order valence-corrected chi connectivity index (χ4v) is 2.81. The van der Waals surface area contributed by atoms with Crippen molar-refractivity contribution in [2.75, 3.05) is 38.1 Å². The van der Waals surface area contributed by atoms with E-state index in [2.05, 4.69) is 10.6 Å². The molecule has 4 nitrogen and oxygen atoms in total. The first-order valence-electron chi connectivity index (χ1n) is 8.10. The average Bonchev–Trinajstić information content (AvgIpc) is 3.03. The number of benzene rings is 1. The molecule has 1 atom stereocenters. The predicted molar refractivity (Wildman–Crippen MR) is 87.5 cm³/mol. The molecule has 1 saturated heterocycles. The molecular formula is C17H26FN3O. The highest BCUT2D eigenvalue weighted by Gasteiger charge is 2.15. The molecule has 0 aromatic heterocycles. The summed E-state index contributed by atoms with van der Waals surface area (Å²) in [4.78, 5) is 13.6. The number of carbonyl (C=O) groups excluding carboxylic acids is 1. The predicted octanol–water partition coefficient (Wildman–Crippen LogP) is 2.16. The van der Waals surface area contributed by atoms with Crippen molar-refractivity contribution < 1.29 is 9.18 Å². The summed E-state index contributed by atoms with van der Waals surface area (Å²) in [6.45, 7) is 3.48. The summed E-state index contributed by atoms with van der Waals surface area (Å²) >= 11 is 0.